The summed E-state index contributed by atoms with van der Waals surface area (Å²) in [5.41, 5.74) is 0. The minimum absolute atomic E-state index is 0.238. The number of fused-ring (bicyclic) bond motifs is 1. The zero-order chi connectivity index (χ0) is 16.8. The van der Waals surface area contributed by atoms with Crippen molar-refractivity contribution in [2.24, 2.45) is 0 Å². The van der Waals surface area contributed by atoms with Crippen molar-refractivity contribution in [1.29, 1.82) is 0 Å². The zero-order valence-corrected chi connectivity index (χ0v) is 15.2. The van der Waals surface area contributed by atoms with Gasteiger partial charge in [0.25, 0.3) is 0 Å². The fourth-order valence-corrected chi connectivity index (χ4v) is 3.20. The molecule has 2 heterocycles. The third-order valence-electron chi connectivity index (χ3n) is 2.86. The van der Waals surface area contributed by atoms with Crippen molar-refractivity contribution in [3.63, 3.8) is 0 Å². The molecule has 2 rings (SSSR count). The van der Waals surface area contributed by atoms with Gasteiger partial charge in [-0.25, -0.2) is 0 Å². The van der Waals surface area contributed by atoms with Gasteiger partial charge < -0.3 is 33.1 Å². The van der Waals surface area contributed by atoms with Gasteiger partial charge in [0.1, 0.15) is 18.6 Å². The van der Waals surface area contributed by atoms with E-state index in [0.29, 0.717) is 13.2 Å². The lowest BCUT2D eigenvalue weighted by Gasteiger charge is -2.24. The predicted molar refractivity (Wildman–Crippen MR) is 82.2 cm³/mol. The van der Waals surface area contributed by atoms with E-state index in [1.807, 2.05) is 27.7 Å². The van der Waals surface area contributed by atoms with Gasteiger partial charge in [-0.05, 0) is 27.7 Å². The van der Waals surface area contributed by atoms with Gasteiger partial charge in [-0.3, -0.25) is 0 Å². The van der Waals surface area contributed by atoms with Gasteiger partial charge in [-0.2, -0.15) is 0 Å². The third-order valence-corrected chi connectivity index (χ3v) is 4.31. The number of hydrogen-bond donors (Lipinski definition) is 1. The molecular weight excluding hydrogens is 311 g/mol. The van der Waals surface area contributed by atoms with Crippen LogP contribution in [0.2, 0.25) is 0 Å². The SMILES string of the molecule is CC.CCOP(COC1OC2OC(C)(C)OC2C1O)OCC. The summed E-state index contributed by atoms with van der Waals surface area (Å²) in [5.74, 6) is -0.745. The molecule has 132 valence electrons. The molecule has 0 aromatic carbocycles. The van der Waals surface area contributed by atoms with E-state index in [9.17, 15) is 5.11 Å². The highest BCUT2D eigenvalue weighted by Crippen LogP contribution is 2.41. The monoisotopic (exact) mass is 340 g/mol. The lowest BCUT2D eigenvalue weighted by atomic mass is 10.2. The molecule has 1 N–H and O–H groups in total. The molecule has 0 bridgehead atoms. The second-order valence-corrected chi connectivity index (χ2v) is 6.37. The van der Waals surface area contributed by atoms with Gasteiger partial charge in [0, 0.05) is 0 Å². The summed E-state index contributed by atoms with van der Waals surface area (Å²) in [6, 6.07) is 0. The Hall–Kier alpha value is 0.150. The maximum absolute atomic E-state index is 10.1. The van der Waals surface area contributed by atoms with Crippen molar-refractivity contribution < 1.29 is 33.1 Å². The molecule has 2 aliphatic heterocycles. The summed E-state index contributed by atoms with van der Waals surface area (Å²) >= 11 is 0. The number of hydrogen-bond acceptors (Lipinski definition) is 7. The summed E-state index contributed by atoms with van der Waals surface area (Å²) in [6.07, 6.45) is -2.56. The lowest BCUT2D eigenvalue weighted by Crippen LogP contribution is -2.35. The van der Waals surface area contributed by atoms with Crippen LogP contribution in [0.4, 0.5) is 0 Å². The van der Waals surface area contributed by atoms with E-state index < -0.39 is 39.0 Å². The van der Waals surface area contributed by atoms with E-state index in [2.05, 4.69) is 0 Å². The molecule has 0 aliphatic carbocycles. The first-order valence-electron chi connectivity index (χ1n) is 7.81. The Balaban J connectivity index is 0.00000116. The van der Waals surface area contributed by atoms with Crippen molar-refractivity contribution >= 4 is 8.38 Å². The number of rotatable bonds is 7. The largest absolute Gasteiger partial charge is 0.385 e. The van der Waals surface area contributed by atoms with Crippen LogP contribution in [0, 0.1) is 0 Å². The second kappa shape index (κ2) is 9.45. The predicted octanol–water partition coefficient (Wildman–Crippen LogP) is 2.57. The highest BCUT2D eigenvalue weighted by molar-refractivity contribution is 7.47. The molecule has 8 heteroatoms. The van der Waals surface area contributed by atoms with Crippen LogP contribution in [-0.2, 0) is 28.0 Å². The van der Waals surface area contributed by atoms with E-state index >= 15 is 0 Å². The smallest absolute Gasteiger partial charge is 0.198 e. The van der Waals surface area contributed by atoms with Crippen LogP contribution in [0.5, 0.6) is 0 Å². The van der Waals surface area contributed by atoms with Crippen LogP contribution in [-0.4, -0.2) is 55.2 Å². The Labute approximate surface area is 134 Å². The molecule has 0 aromatic rings. The third kappa shape index (κ3) is 5.35. The highest BCUT2D eigenvalue weighted by atomic mass is 31.2. The van der Waals surface area contributed by atoms with Gasteiger partial charge in [0.05, 0.1) is 13.2 Å². The van der Waals surface area contributed by atoms with Crippen molar-refractivity contribution in [2.75, 3.05) is 19.6 Å². The number of aliphatic hydroxyl groups is 1. The standard InChI is InChI=1S/C12H23O7P.C2H6/c1-5-15-20(16-6-2)7-14-10-8(13)9-11(17-10)19-12(3,4)18-9;1-2/h8-11,13H,5-7H2,1-4H3;1-2H3. The molecule has 0 spiro atoms. The first-order valence-corrected chi connectivity index (χ1v) is 9.17. The van der Waals surface area contributed by atoms with E-state index in [1.54, 1.807) is 13.8 Å². The quantitative estimate of drug-likeness (QED) is 0.714. The van der Waals surface area contributed by atoms with E-state index in [4.69, 9.17) is 28.0 Å². The summed E-state index contributed by atoms with van der Waals surface area (Å²) in [6.45, 7) is 12.4. The molecular formula is C14H29O7P. The van der Waals surface area contributed by atoms with E-state index in [0.717, 1.165) is 0 Å². The average molecular weight is 340 g/mol. The second-order valence-electron chi connectivity index (χ2n) is 4.93. The average Bonchev–Trinajstić information content (AvgIpc) is 2.93. The fraction of sp³-hybridized carbons (Fsp3) is 1.00. The molecule has 22 heavy (non-hydrogen) atoms. The van der Waals surface area contributed by atoms with Crippen molar-refractivity contribution in [2.45, 2.75) is 72.1 Å². The molecule has 7 nitrogen and oxygen atoms in total. The molecule has 0 saturated carbocycles. The van der Waals surface area contributed by atoms with Gasteiger partial charge in [0.15, 0.2) is 26.7 Å². The molecule has 0 amide bonds. The topological polar surface area (TPSA) is 75.6 Å². The molecule has 2 aliphatic rings. The molecule has 4 atom stereocenters. The Kier molecular flexibility index (Phi) is 8.67. The minimum Gasteiger partial charge on any atom is -0.385 e. The highest BCUT2D eigenvalue weighted by Gasteiger charge is 2.55. The maximum Gasteiger partial charge on any atom is 0.198 e. The van der Waals surface area contributed by atoms with E-state index in [-0.39, 0.29) is 6.35 Å². The van der Waals surface area contributed by atoms with Crippen molar-refractivity contribution in [3.05, 3.63) is 0 Å². The molecule has 0 radical (unpaired) electrons. The van der Waals surface area contributed by atoms with Gasteiger partial charge in [-0.1, -0.05) is 13.8 Å². The van der Waals surface area contributed by atoms with E-state index in [1.165, 1.54) is 0 Å². The molecule has 2 saturated heterocycles. The maximum atomic E-state index is 10.1. The van der Waals surface area contributed by atoms with Gasteiger partial charge in [-0.15, -0.1) is 0 Å². The minimum atomic E-state index is -1.12. The zero-order valence-electron chi connectivity index (χ0n) is 14.3. The first-order chi connectivity index (χ1) is 10.5. The van der Waals surface area contributed by atoms with Crippen molar-refractivity contribution in [3.8, 4) is 0 Å². The fourth-order valence-electron chi connectivity index (χ4n) is 2.13. The molecule has 0 aromatic heterocycles. The first kappa shape index (κ1) is 20.2. The van der Waals surface area contributed by atoms with Crippen LogP contribution in [0.25, 0.3) is 0 Å². The summed E-state index contributed by atoms with van der Waals surface area (Å²) < 4.78 is 33.0. The van der Waals surface area contributed by atoms with Gasteiger partial charge >= 0.3 is 0 Å². The molecule has 2 fully saturated rings. The lowest BCUT2D eigenvalue weighted by molar-refractivity contribution is -0.257. The van der Waals surface area contributed by atoms with Crippen molar-refractivity contribution in [1.82, 2.24) is 0 Å². The Morgan fingerprint density at radius 1 is 1.09 bits per heavy atom. The van der Waals surface area contributed by atoms with Crippen LogP contribution in [0.15, 0.2) is 0 Å². The Bertz CT molecular complexity index is 310. The Morgan fingerprint density at radius 3 is 2.18 bits per heavy atom. The summed E-state index contributed by atoms with van der Waals surface area (Å²) in [7, 11) is -1.12. The van der Waals surface area contributed by atoms with Crippen LogP contribution in [0.1, 0.15) is 41.5 Å². The Morgan fingerprint density at radius 2 is 1.68 bits per heavy atom. The summed E-state index contributed by atoms with van der Waals surface area (Å²) in [5, 5.41) is 10.1. The van der Waals surface area contributed by atoms with Crippen LogP contribution >= 0.6 is 8.38 Å². The molecule has 4 unspecified atom stereocenters. The number of aliphatic hydroxyl groups excluding tert-OH is 1. The van der Waals surface area contributed by atoms with Crippen LogP contribution in [0.3, 0.4) is 0 Å². The van der Waals surface area contributed by atoms with Crippen LogP contribution < -0.4 is 0 Å². The normalized spacial score (nSPS) is 32.7. The number of ether oxygens (including phenoxy) is 4. The van der Waals surface area contributed by atoms with Gasteiger partial charge in [0.2, 0.25) is 0 Å². The summed E-state index contributed by atoms with van der Waals surface area (Å²) in [4.78, 5) is 0.